The van der Waals surface area contributed by atoms with Crippen LogP contribution in [0.15, 0.2) is 35.7 Å². The lowest BCUT2D eigenvalue weighted by atomic mass is 10.1. The van der Waals surface area contributed by atoms with E-state index in [0.29, 0.717) is 11.3 Å². The molecule has 2 aliphatic rings. The zero-order valence-corrected chi connectivity index (χ0v) is 13.5. The molecular formula is C17H18N2O4. The van der Waals surface area contributed by atoms with Gasteiger partial charge in [-0.25, -0.2) is 4.79 Å². The molecule has 0 saturated carbocycles. The third-order valence-corrected chi connectivity index (χ3v) is 3.87. The summed E-state index contributed by atoms with van der Waals surface area (Å²) >= 11 is 0. The highest BCUT2D eigenvalue weighted by Gasteiger charge is 2.48. The van der Waals surface area contributed by atoms with Crippen molar-refractivity contribution in [3.63, 3.8) is 0 Å². The normalized spacial score (nSPS) is 20.9. The van der Waals surface area contributed by atoms with E-state index in [1.165, 1.54) is 4.90 Å². The largest absolute Gasteiger partial charge is 0.450 e. The van der Waals surface area contributed by atoms with Crippen molar-refractivity contribution in [1.29, 1.82) is 0 Å². The molecule has 2 aliphatic heterocycles. The molecule has 1 saturated heterocycles. The van der Waals surface area contributed by atoms with Gasteiger partial charge >= 0.3 is 6.03 Å². The number of urea groups is 1. The zero-order valence-electron chi connectivity index (χ0n) is 13.5. The summed E-state index contributed by atoms with van der Waals surface area (Å²) in [5.41, 5.74) is 0.432. The lowest BCUT2D eigenvalue weighted by molar-refractivity contribution is -0.124. The van der Waals surface area contributed by atoms with Crippen LogP contribution in [-0.2, 0) is 4.79 Å². The number of ether oxygens (including phenoxy) is 1. The van der Waals surface area contributed by atoms with Crippen LogP contribution in [0.2, 0.25) is 0 Å². The van der Waals surface area contributed by atoms with Gasteiger partial charge in [-0.2, -0.15) is 0 Å². The van der Waals surface area contributed by atoms with E-state index in [0.717, 1.165) is 4.90 Å². The Labute approximate surface area is 134 Å². The summed E-state index contributed by atoms with van der Waals surface area (Å²) in [6.07, 6.45) is 0. The van der Waals surface area contributed by atoms with Gasteiger partial charge in [0.2, 0.25) is 11.5 Å². The van der Waals surface area contributed by atoms with Crippen LogP contribution in [0.1, 0.15) is 38.1 Å². The first-order valence-corrected chi connectivity index (χ1v) is 7.57. The molecule has 1 fully saturated rings. The number of carbonyl (C=O) groups is 3. The Bertz CT molecular complexity index is 749. The van der Waals surface area contributed by atoms with Crippen molar-refractivity contribution in [2.75, 3.05) is 0 Å². The van der Waals surface area contributed by atoms with E-state index in [1.54, 1.807) is 52.0 Å². The minimum Gasteiger partial charge on any atom is -0.450 e. The number of ketones is 1. The van der Waals surface area contributed by atoms with Gasteiger partial charge in [-0.1, -0.05) is 12.1 Å². The Hall–Kier alpha value is -2.63. The Morgan fingerprint density at radius 1 is 0.913 bits per heavy atom. The van der Waals surface area contributed by atoms with Crippen LogP contribution in [-0.4, -0.2) is 39.6 Å². The molecule has 120 valence electrons. The van der Waals surface area contributed by atoms with Gasteiger partial charge in [-0.05, 0) is 39.8 Å². The van der Waals surface area contributed by atoms with Gasteiger partial charge in [0.25, 0.3) is 5.91 Å². The van der Waals surface area contributed by atoms with Crippen LogP contribution in [0.25, 0.3) is 0 Å². The molecule has 3 amide bonds. The van der Waals surface area contributed by atoms with Crippen molar-refractivity contribution < 1.29 is 19.1 Å². The number of hydrogen-bond acceptors (Lipinski definition) is 4. The van der Waals surface area contributed by atoms with E-state index in [1.807, 2.05) is 0 Å². The average Bonchev–Trinajstić information content (AvgIpc) is 2.94. The maximum absolute atomic E-state index is 12.7. The number of Topliss-reactive ketones (excluding diaryl/α,β-unsaturated/α-hetero) is 1. The van der Waals surface area contributed by atoms with Crippen molar-refractivity contribution in [2.45, 2.75) is 39.8 Å². The Morgan fingerprint density at radius 2 is 1.52 bits per heavy atom. The molecule has 6 nitrogen and oxygen atoms in total. The maximum Gasteiger partial charge on any atom is 0.332 e. The minimum absolute atomic E-state index is 0.0277. The molecular weight excluding hydrogens is 296 g/mol. The second-order valence-electron chi connectivity index (χ2n) is 6.12. The second-order valence-corrected chi connectivity index (χ2v) is 6.12. The fourth-order valence-electron chi connectivity index (χ4n) is 2.83. The number of amides is 3. The molecule has 0 aliphatic carbocycles. The molecule has 23 heavy (non-hydrogen) atoms. The molecule has 3 rings (SSSR count). The molecule has 0 spiro atoms. The lowest BCUT2D eigenvalue weighted by Gasteiger charge is -2.22. The second kappa shape index (κ2) is 5.22. The predicted octanol–water partition coefficient (Wildman–Crippen LogP) is 2.55. The number of allylic oxidation sites excluding steroid dienone is 1. The van der Waals surface area contributed by atoms with Gasteiger partial charge in [0.1, 0.15) is 5.75 Å². The molecule has 0 atom stereocenters. The molecule has 0 radical (unpaired) electrons. The number of fused-ring (bicyclic) bond motifs is 1. The summed E-state index contributed by atoms with van der Waals surface area (Å²) in [6, 6.07) is 5.81. The van der Waals surface area contributed by atoms with Gasteiger partial charge in [0, 0.05) is 12.1 Å². The first-order valence-electron chi connectivity index (χ1n) is 7.57. The Balaban J connectivity index is 2.16. The van der Waals surface area contributed by atoms with E-state index in [4.69, 9.17) is 4.74 Å². The number of carbonyl (C=O) groups excluding carboxylic acids is 3. The van der Waals surface area contributed by atoms with Gasteiger partial charge in [0.05, 0.1) is 5.56 Å². The summed E-state index contributed by atoms with van der Waals surface area (Å²) in [5.74, 6) is -0.517. The van der Waals surface area contributed by atoms with Crippen molar-refractivity contribution in [3.05, 3.63) is 41.3 Å². The van der Waals surface area contributed by atoms with Gasteiger partial charge in [-0.15, -0.1) is 0 Å². The SMILES string of the molecule is CC(C)N1C(=O)/C(=C2/Oc3ccccc3C2=O)N(C(C)C)C1=O. The van der Waals surface area contributed by atoms with Crippen LogP contribution in [0.3, 0.4) is 0 Å². The number of benzene rings is 1. The highest BCUT2D eigenvalue weighted by Crippen LogP contribution is 2.36. The fraction of sp³-hybridized carbons (Fsp3) is 0.353. The summed E-state index contributed by atoms with van der Waals surface area (Å²) in [6.45, 7) is 7.10. The van der Waals surface area contributed by atoms with Gasteiger partial charge in [0.15, 0.2) is 5.70 Å². The molecule has 2 heterocycles. The van der Waals surface area contributed by atoms with E-state index in [2.05, 4.69) is 0 Å². The van der Waals surface area contributed by atoms with E-state index < -0.39 is 11.9 Å². The number of imide groups is 1. The molecule has 0 unspecified atom stereocenters. The Morgan fingerprint density at radius 3 is 2.09 bits per heavy atom. The number of rotatable bonds is 2. The van der Waals surface area contributed by atoms with Crippen molar-refractivity contribution in [2.24, 2.45) is 0 Å². The number of hydrogen-bond donors (Lipinski definition) is 0. The molecule has 0 bridgehead atoms. The molecule has 6 heteroatoms. The van der Waals surface area contributed by atoms with Gasteiger partial charge < -0.3 is 4.74 Å². The van der Waals surface area contributed by atoms with Crippen LogP contribution in [0.5, 0.6) is 5.75 Å². The van der Waals surface area contributed by atoms with Crippen molar-refractivity contribution >= 4 is 17.7 Å². The van der Waals surface area contributed by atoms with Crippen LogP contribution in [0.4, 0.5) is 4.79 Å². The smallest absolute Gasteiger partial charge is 0.332 e. The maximum atomic E-state index is 12.7. The fourth-order valence-corrected chi connectivity index (χ4v) is 2.83. The Kier molecular flexibility index (Phi) is 3.47. The molecule has 0 N–H and O–H groups in total. The number of para-hydroxylation sites is 1. The molecule has 1 aromatic carbocycles. The number of nitrogens with zero attached hydrogens (tertiary/aromatic N) is 2. The van der Waals surface area contributed by atoms with Crippen LogP contribution < -0.4 is 4.74 Å². The predicted molar refractivity (Wildman–Crippen MR) is 82.8 cm³/mol. The third kappa shape index (κ3) is 2.13. The van der Waals surface area contributed by atoms with Crippen LogP contribution in [0, 0.1) is 0 Å². The minimum atomic E-state index is -0.491. The van der Waals surface area contributed by atoms with Gasteiger partial charge in [-0.3, -0.25) is 19.4 Å². The summed E-state index contributed by atoms with van der Waals surface area (Å²) in [7, 11) is 0. The topological polar surface area (TPSA) is 66.9 Å². The zero-order chi connectivity index (χ0) is 16.9. The highest BCUT2D eigenvalue weighted by atomic mass is 16.5. The first-order chi connectivity index (χ1) is 10.8. The quantitative estimate of drug-likeness (QED) is 0.621. The third-order valence-electron chi connectivity index (χ3n) is 3.87. The summed E-state index contributed by atoms with van der Waals surface area (Å²) < 4.78 is 5.62. The lowest BCUT2D eigenvalue weighted by Crippen LogP contribution is -2.40. The monoisotopic (exact) mass is 314 g/mol. The van der Waals surface area contributed by atoms with E-state index >= 15 is 0 Å². The summed E-state index contributed by atoms with van der Waals surface area (Å²) in [4.78, 5) is 40.4. The average molecular weight is 314 g/mol. The summed E-state index contributed by atoms with van der Waals surface area (Å²) in [5, 5.41) is 0. The van der Waals surface area contributed by atoms with E-state index in [9.17, 15) is 14.4 Å². The van der Waals surface area contributed by atoms with Crippen molar-refractivity contribution in [1.82, 2.24) is 9.80 Å². The molecule has 1 aromatic rings. The van der Waals surface area contributed by atoms with Crippen molar-refractivity contribution in [3.8, 4) is 5.75 Å². The standard InChI is InChI=1S/C17H18N2O4/c1-9(2)18-13(16(21)19(10(3)4)17(18)22)15-14(20)11-7-5-6-8-12(11)23-15/h5-10H,1-4H3/b15-13-. The first kappa shape index (κ1) is 15.3. The van der Waals surface area contributed by atoms with E-state index in [-0.39, 0.29) is 29.3 Å². The van der Waals surface area contributed by atoms with Crippen LogP contribution >= 0.6 is 0 Å². The molecule has 0 aromatic heterocycles. The highest BCUT2D eigenvalue weighted by molar-refractivity contribution is 6.20.